The van der Waals surface area contributed by atoms with Gasteiger partial charge in [0.15, 0.2) is 5.13 Å². The molecule has 2 aromatic rings. The van der Waals surface area contributed by atoms with Crippen molar-refractivity contribution in [2.24, 2.45) is 23.7 Å². The third kappa shape index (κ3) is 2.17. The van der Waals surface area contributed by atoms with Crippen LogP contribution in [0.4, 0.5) is 10.8 Å². The summed E-state index contributed by atoms with van der Waals surface area (Å²) >= 11 is 1.34. The molecule has 2 heterocycles. The van der Waals surface area contributed by atoms with Crippen LogP contribution in [-0.4, -0.2) is 22.7 Å². The van der Waals surface area contributed by atoms with Crippen LogP contribution >= 0.6 is 11.3 Å². The van der Waals surface area contributed by atoms with Crippen LogP contribution in [0.25, 0.3) is 0 Å². The van der Waals surface area contributed by atoms with E-state index in [1.165, 1.54) is 16.2 Å². The first kappa shape index (κ1) is 15.5. The Morgan fingerprint density at radius 1 is 1.08 bits per heavy atom. The van der Waals surface area contributed by atoms with Crippen molar-refractivity contribution in [3.63, 3.8) is 0 Å². The fraction of sp³-hybridized carbons (Fsp3) is 0.263. The molecule has 2 fully saturated rings. The summed E-state index contributed by atoms with van der Waals surface area (Å²) in [6.07, 6.45) is 6.68. The van der Waals surface area contributed by atoms with Crippen LogP contribution in [0.15, 0.2) is 48.0 Å². The molecule has 130 valence electrons. The first-order chi connectivity index (χ1) is 12.6. The van der Waals surface area contributed by atoms with Gasteiger partial charge in [-0.1, -0.05) is 12.2 Å². The Hall–Kier alpha value is -2.80. The standard InChI is InChI=1S/C19H15N3O3S/c23-16(21-19-20-7-8-26-19)10-3-5-13(6-4-10)22-17(24)14-11-1-2-12(9-11)15(14)18(22)25/h1-8,11-12,14-15H,9H2,(H,20,21,23)/t11-,12+,14+,15-. The van der Waals surface area contributed by atoms with E-state index in [4.69, 9.17) is 0 Å². The molecule has 5 rings (SSSR count). The maximum atomic E-state index is 12.8. The van der Waals surface area contributed by atoms with Crippen LogP contribution < -0.4 is 10.2 Å². The van der Waals surface area contributed by atoms with Gasteiger partial charge in [-0.2, -0.15) is 0 Å². The van der Waals surface area contributed by atoms with Gasteiger partial charge in [-0.3, -0.25) is 24.6 Å². The SMILES string of the molecule is O=C(Nc1nccs1)c1ccc(N2C(=O)[C@@H]3[C@H](C2=O)[C@H]2C=C[C@@H]3C2)cc1. The van der Waals surface area contributed by atoms with Crippen LogP contribution in [0, 0.1) is 23.7 Å². The van der Waals surface area contributed by atoms with Gasteiger partial charge in [-0.05, 0) is 42.5 Å². The maximum absolute atomic E-state index is 12.8. The summed E-state index contributed by atoms with van der Waals surface area (Å²) in [5.41, 5.74) is 0.976. The Kier molecular flexibility index (Phi) is 3.33. The number of imide groups is 1. The van der Waals surface area contributed by atoms with E-state index in [0.29, 0.717) is 16.4 Å². The van der Waals surface area contributed by atoms with Gasteiger partial charge < -0.3 is 0 Å². The number of amides is 3. The summed E-state index contributed by atoms with van der Waals surface area (Å²) in [5, 5.41) is 5.02. The number of carbonyl (C=O) groups is 3. The molecule has 1 aromatic heterocycles. The Morgan fingerprint density at radius 2 is 1.73 bits per heavy atom. The van der Waals surface area contributed by atoms with E-state index < -0.39 is 0 Å². The summed E-state index contributed by atoms with van der Waals surface area (Å²) in [6, 6.07) is 6.56. The van der Waals surface area contributed by atoms with Crippen LogP contribution in [-0.2, 0) is 9.59 Å². The number of anilines is 2. The van der Waals surface area contributed by atoms with E-state index in [2.05, 4.69) is 22.5 Å². The average molecular weight is 365 g/mol. The highest BCUT2D eigenvalue weighted by molar-refractivity contribution is 7.13. The number of carbonyl (C=O) groups excluding carboxylic acids is 3. The number of thiazole rings is 1. The first-order valence-electron chi connectivity index (χ1n) is 8.50. The zero-order valence-corrected chi connectivity index (χ0v) is 14.5. The van der Waals surface area contributed by atoms with Gasteiger partial charge in [0.2, 0.25) is 11.8 Å². The summed E-state index contributed by atoms with van der Waals surface area (Å²) in [4.78, 5) is 43.1. The highest BCUT2D eigenvalue weighted by atomic mass is 32.1. The fourth-order valence-electron chi connectivity index (χ4n) is 4.37. The van der Waals surface area contributed by atoms with E-state index in [1.807, 2.05) is 0 Å². The molecule has 6 nitrogen and oxygen atoms in total. The largest absolute Gasteiger partial charge is 0.298 e. The molecule has 1 saturated heterocycles. The molecule has 4 atom stereocenters. The highest BCUT2D eigenvalue weighted by Crippen LogP contribution is 2.53. The zero-order valence-electron chi connectivity index (χ0n) is 13.7. The van der Waals surface area contributed by atoms with Crippen LogP contribution in [0.3, 0.4) is 0 Å². The van der Waals surface area contributed by atoms with E-state index in [0.717, 1.165) is 6.42 Å². The minimum atomic E-state index is -0.273. The molecular weight excluding hydrogens is 350 g/mol. The minimum absolute atomic E-state index is 0.114. The maximum Gasteiger partial charge on any atom is 0.257 e. The Morgan fingerprint density at radius 3 is 2.31 bits per heavy atom. The lowest BCUT2D eigenvalue weighted by Gasteiger charge is -2.17. The molecule has 1 N–H and O–H groups in total. The summed E-state index contributed by atoms with van der Waals surface area (Å²) < 4.78 is 0. The van der Waals surface area contributed by atoms with E-state index >= 15 is 0 Å². The Labute approximate surface area is 153 Å². The van der Waals surface area contributed by atoms with E-state index in [-0.39, 0.29) is 41.4 Å². The number of benzene rings is 1. The number of hydrogen-bond acceptors (Lipinski definition) is 5. The number of nitrogens with one attached hydrogen (secondary N) is 1. The monoisotopic (exact) mass is 365 g/mol. The summed E-state index contributed by atoms with van der Waals surface area (Å²) in [7, 11) is 0. The number of nitrogens with zero attached hydrogens (tertiary/aromatic N) is 2. The molecule has 1 aromatic carbocycles. The minimum Gasteiger partial charge on any atom is -0.298 e. The number of hydrogen-bond donors (Lipinski definition) is 1. The van der Waals surface area contributed by atoms with Gasteiger partial charge in [0.25, 0.3) is 5.91 Å². The van der Waals surface area contributed by atoms with Gasteiger partial charge in [0.05, 0.1) is 17.5 Å². The van der Waals surface area contributed by atoms with Gasteiger partial charge in [0, 0.05) is 17.1 Å². The van der Waals surface area contributed by atoms with Gasteiger partial charge in [-0.25, -0.2) is 4.98 Å². The van der Waals surface area contributed by atoms with Crippen molar-refractivity contribution in [1.29, 1.82) is 0 Å². The van der Waals surface area contributed by atoms with Crippen molar-refractivity contribution in [3.8, 4) is 0 Å². The van der Waals surface area contributed by atoms with Crippen molar-refractivity contribution in [3.05, 3.63) is 53.6 Å². The third-order valence-electron chi connectivity index (χ3n) is 5.51. The molecule has 3 amide bonds. The van der Waals surface area contributed by atoms with Crippen molar-refractivity contribution in [2.75, 3.05) is 10.2 Å². The van der Waals surface area contributed by atoms with Crippen LogP contribution in [0.5, 0.6) is 0 Å². The summed E-state index contributed by atoms with van der Waals surface area (Å²) in [6.45, 7) is 0. The van der Waals surface area contributed by atoms with Crippen molar-refractivity contribution in [1.82, 2.24) is 4.98 Å². The van der Waals surface area contributed by atoms with Crippen molar-refractivity contribution >= 4 is 39.9 Å². The number of allylic oxidation sites excluding steroid dienone is 2. The predicted molar refractivity (Wildman–Crippen MR) is 96.7 cm³/mol. The number of rotatable bonds is 3. The van der Waals surface area contributed by atoms with Gasteiger partial charge >= 0.3 is 0 Å². The molecule has 0 spiro atoms. The molecule has 0 unspecified atom stereocenters. The zero-order chi connectivity index (χ0) is 17.8. The lowest BCUT2D eigenvalue weighted by molar-refractivity contribution is -0.123. The normalized spacial score (nSPS) is 28.7. The number of fused-ring (bicyclic) bond motifs is 5. The van der Waals surface area contributed by atoms with Gasteiger partial charge in [0.1, 0.15) is 0 Å². The van der Waals surface area contributed by atoms with Crippen LogP contribution in [0.2, 0.25) is 0 Å². The molecule has 0 radical (unpaired) electrons. The predicted octanol–water partition coefficient (Wildman–Crippen LogP) is 2.71. The second kappa shape index (κ2) is 5.60. The molecule has 2 aliphatic carbocycles. The Bertz CT molecular complexity index is 905. The first-order valence-corrected chi connectivity index (χ1v) is 9.38. The van der Waals surface area contributed by atoms with Crippen LogP contribution in [0.1, 0.15) is 16.8 Å². The molecule has 3 aliphatic rings. The van der Waals surface area contributed by atoms with Crippen molar-refractivity contribution < 1.29 is 14.4 Å². The Balaban J connectivity index is 1.37. The molecule has 1 saturated carbocycles. The smallest absolute Gasteiger partial charge is 0.257 e. The number of aromatic nitrogens is 1. The lowest BCUT2D eigenvalue weighted by atomic mass is 9.85. The lowest BCUT2D eigenvalue weighted by Crippen LogP contribution is -2.32. The molecule has 1 aliphatic heterocycles. The second-order valence-electron chi connectivity index (χ2n) is 6.85. The highest BCUT2D eigenvalue weighted by Gasteiger charge is 2.59. The second-order valence-corrected chi connectivity index (χ2v) is 7.74. The molecule has 7 heteroatoms. The van der Waals surface area contributed by atoms with Gasteiger partial charge in [-0.15, -0.1) is 11.3 Å². The van der Waals surface area contributed by atoms with Crippen molar-refractivity contribution in [2.45, 2.75) is 6.42 Å². The molecule has 26 heavy (non-hydrogen) atoms. The average Bonchev–Trinajstić information content (AvgIpc) is 3.41. The fourth-order valence-corrected chi connectivity index (χ4v) is 4.90. The van der Waals surface area contributed by atoms with E-state index in [9.17, 15) is 14.4 Å². The topological polar surface area (TPSA) is 79.4 Å². The third-order valence-corrected chi connectivity index (χ3v) is 6.20. The molecule has 2 bridgehead atoms. The van der Waals surface area contributed by atoms with E-state index in [1.54, 1.807) is 35.8 Å². The summed E-state index contributed by atoms with van der Waals surface area (Å²) in [5.74, 6) is -0.557. The molecular formula is C19H15N3O3S. The quantitative estimate of drug-likeness (QED) is 0.670.